The third-order valence-electron chi connectivity index (χ3n) is 3.35. The van der Waals surface area contributed by atoms with Crippen molar-refractivity contribution in [3.63, 3.8) is 0 Å². The molecule has 2 aromatic carbocycles. The lowest BCUT2D eigenvalue weighted by atomic mass is 10.0. The number of hydrogen-bond donors (Lipinski definition) is 2. The van der Waals surface area contributed by atoms with Crippen molar-refractivity contribution in [2.75, 3.05) is 0 Å². The Morgan fingerprint density at radius 1 is 1.00 bits per heavy atom. The van der Waals surface area contributed by atoms with Crippen molar-refractivity contribution in [3.05, 3.63) is 71.8 Å². The molecule has 0 heterocycles. The highest BCUT2D eigenvalue weighted by atomic mass is 16.5. The fourth-order valence-corrected chi connectivity index (χ4v) is 2.18. The molecule has 2 rings (SSSR count). The molecule has 2 N–H and O–H groups in total. The van der Waals surface area contributed by atoms with Gasteiger partial charge in [-0.3, -0.25) is 4.79 Å². The van der Waals surface area contributed by atoms with Crippen LogP contribution >= 0.6 is 0 Å². The minimum absolute atomic E-state index is 0.0292. The topological polar surface area (TPSA) is 75.6 Å². The largest absolute Gasteiger partial charge is 0.481 e. The van der Waals surface area contributed by atoms with Crippen molar-refractivity contribution < 1.29 is 19.4 Å². The quantitative estimate of drug-likeness (QED) is 0.820. The summed E-state index contributed by atoms with van der Waals surface area (Å²) in [5.74, 6) is -0.898. The number of benzene rings is 2. The first-order chi connectivity index (χ1) is 11.1. The van der Waals surface area contributed by atoms with Crippen LogP contribution in [0.2, 0.25) is 0 Å². The Balaban J connectivity index is 1.93. The van der Waals surface area contributed by atoms with Crippen LogP contribution < -0.4 is 5.32 Å². The lowest BCUT2D eigenvalue weighted by Gasteiger charge is -2.18. The van der Waals surface area contributed by atoms with Crippen molar-refractivity contribution in [3.8, 4) is 0 Å². The molecule has 2 aromatic rings. The second-order valence-corrected chi connectivity index (χ2v) is 5.10. The van der Waals surface area contributed by atoms with Gasteiger partial charge in [-0.15, -0.1) is 0 Å². The smallest absolute Gasteiger partial charge is 0.407 e. The SMILES string of the molecule is O=C(O)CC[C@H](NC(=O)OCc1ccccc1)c1ccccc1. The highest BCUT2D eigenvalue weighted by Crippen LogP contribution is 2.18. The third kappa shape index (κ3) is 5.82. The van der Waals surface area contributed by atoms with E-state index in [0.717, 1.165) is 11.1 Å². The number of hydrogen-bond acceptors (Lipinski definition) is 3. The summed E-state index contributed by atoms with van der Waals surface area (Å²) < 4.78 is 5.19. The molecule has 1 atom stereocenters. The Kier molecular flexibility index (Phi) is 6.17. The number of aliphatic carboxylic acids is 1. The standard InChI is InChI=1S/C18H19NO4/c20-17(21)12-11-16(15-9-5-2-6-10-15)19-18(22)23-13-14-7-3-1-4-8-14/h1-10,16H,11-13H2,(H,19,22)(H,20,21)/t16-/m0/s1. The molecule has 1 amide bonds. The van der Waals surface area contributed by atoms with Crippen molar-refractivity contribution in [2.45, 2.75) is 25.5 Å². The van der Waals surface area contributed by atoms with E-state index in [0.29, 0.717) is 6.42 Å². The lowest BCUT2D eigenvalue weighted by molar-refractivity contribution is -0.137. The monoisotopic (exact) mass is 313 g/mol. The molecule has 0 aromatic heterocycles. The highest BCUT2D eigenvalue weighted by molar-refractivity contribution is 5.69. The maximum Gasteiger partial charge on any atom is 0.407 e. The summed E-state index contributed by atoms with van der Waals surface area (Å²) in [6.07, 6.45) is -0.286. The van der Waals surface area contributed by atoms with E-state index in [4.69, 9.17) is 9.84 Å². The zero-order valence-corrected chi connectivity index (χ0v) is 12.6. The van der Waals surface area contributed by atoms with Gasteiger partial charge in [0.1, 0.15) is 6.61 Å². The van der Waals surface area contributed by atoms with Gasteiger partial charge in [0, 0.05) is 6.42 Å². The van der Waals surface area contributed by atoms with Crippen LogP contribution in [0, 0.1) is 0 Å². The Morgan fingerprint density at radius 3 is 2.22 bits per heavy atom. The van der Waals surface area contributed by atoms with Gasteiger partial charge in [0.2, 0.25) is 0 Å². The van der Waals surface area contributed by atoms with E-state index < -0.39 is 18.1 Å². The number of carboxylic acid groups (broad SMARTS) is 1. The average molecular weight is 313 g/mol. The van der Waals surface area contributed by atoms with Gasteiger partial charge in [0.15, 0.2) is 0 Å². The van der Waals surface area contributed by atoms with Gasteiger partial charge in [-0.25, -0.2) is 4.79 Å². The number of nitrogens with one attached hydrogen (secondary N) is 1. The lowest BCUT2D eigenvalue weighted by Crippen LogP contribution is -2.29. The van der Waals surface area contributed by atoms with Crippen LogP contribution in [0.15, 0.2) is 60.7 Å². The van der Waals surface area contributed by atoms with Crippen molar-refractivity contribution >= 4 is 12.1 Å². The van der Waals surface area contributed by atoms with Crippen LogP contribution in [0.5, 0.6) is 0 Å². The molecule has 0 fully saturated rings. The van der Waals surface area contributed by atoms with E-state index in [1.165, 1.54) is 0 Å². The molecular weight excluding hydrogens is 294 g/mol. The van der Waals surface area contributed by atoms with Crippen LogP contribution in [0.25, 0.3) is 0 Å². The predicted molar refractivity (Wildman–Crippen MR) is 85.8 cm³/mol. The fraction of sp³-hybridized carbons (Fsp3) is 0.222. The second kappa shape index (κ2) is 8.58. The van der Waals surface area contributed by atoms with E-state index in [9.17, 15) is 9.59 Å². The summed E-state index contributed by atoms with van der Waals surface area (Å²) in [6, 6.07) is 18.2. The molecule has 0 saturated carbocycles. The van der Waals surface area contributed by atoms with Crippen molar-refractivity contribution in [1.82, 2.24) is 5.32 Å². The first-order valence-electron chi connectivity index (χ1n) is 7.39. The molecule has 0 aliphatic heterocycles. The summed E-state index contributed by atoms with van der Waals surface area (Å²) in [5, 5.41) is 11.6. The van der Waals surface area contributed by atoms with E-state index >= 15 is 0 Å². The van der Waals surface area contributed by atoms with Crippen LogP contribution in [0.3, 0.4) is 0 Å². The van der Waals surface area contributed by atoms with Gasteiger partial charge in [-0.05, 0) is 17.5 Å². The Bertz CT molecular complexity index is 628. The van der Waals surface area contributed by atoms with Gasteiger partial charge < -0.3 is 15.2 Å². The van der Waals surface area contributed by atoms with Gasteiger partial charge >= 0.3 is 12.1 Å². The highest BCUT2D eigenvalue weighted by Gasteiger charge is 2.16. The second-order valence-electron chi connectivity index (χ2n) is 5.10. The molecule has 0 aliphatic rings. The van der Waals surface area contributed by atoms with Gasteiger partial charge in [0.25, 0.3) is 0 Å². The maximum atomic E-state index is 12.0. The molecule has 0 spiro atoms. The first kappa shape index (κ1) is 16.5. The average Bonchev–Trinajstić information content (AvgIpc) is 2.58. The molecule has 5 nitrogen and oxygen atoms in total. The summed E-state index contributed by atoms with van der Waals surface area (Å²) in [5.41, 5.74) is 1.75. The minimum atomic E-state index is -0.898. The number of carbonyl (C=O) groups excluding carboxylic acids is 1. The Morgan fingerprint density at radius 2 is 1.61 bits per heavy atom. The number of carbonyl (C=O) groups is 2. The molecular formula is C18H19NO4. The van der Waals surface area contributed by atoms with Crippen molar-refractivity contribution in [1.29, 1.82) is 0 Å². The number of amides is 1. The normalized spacial score (nSPS) is 11.5. The van der Waals surface area contributed by atoms with Crippen LogP contribution in [-0.2, 0) is 16.1 Å². The maximum absolute atomic E-state index is 12.0. The summed E-state index contributed by atoms with van der Waals surface area (Å²) in [6.45, 7) is 0.174. The number of ether oxygens (including phenoxy) is 1. The summed E-state index contributed by atoms with van der Waals surface area (Å²) in [4.78, 5) is 22.8. The number of rotatable bonds is 7. The molecule has 0 aliphatic carbocycles. The van der Waals surface area contributed by atoms with Gasteiger partial charge in [-0.1, -0.05) is 60.7 Å². The van der Waals surface area contributed by atoms with E-state index in [-0.39, 0.29) is 13.0 Å². The van der Waals surface area contributed by atoms with E-state index in [1.54, 1.807) is 0 Å². The fourth-order valence-electron chi connectivity index (χ4n) is 2.18. The number of carboxylic acids is 1. The summed E-state index contributed by atoms with van der Waals surface area (Å²) >= 11 is 0. The number of alkyl carbamates (subject to hydrolysis) is 1. The Labute approximate surface area is 134 Å². The summed E-state index contributed by atoms with van der Waals surface area (Å²) in [7, 11) is 0. The van der Waals surface area contributed by atoms with Crippen LogP contribution in [-0.4, -0.2) is 17.2 Å². The van der Waals surface area contributed by atoms with E-state index in [1.807, 2.05) is 60.7 Å². The molecule has 120 valence electrons. The molecule has 5 heteroatoms. The molecule has 0 unspecified atom stereocenters. The van der Waals surface area contributed by atoms with Gasteiger partial charge in [0.05, 0.1) is 6.04 Å². The third-order valence-corrected chi connectivity index (χ3v) is 3.35. The molecule has 0 saturated heterocycles. The van der Waals surface area contributed by atoms with Crippen LogP contribution in [0.4, 0.5) is 4.79 Å². The first-order valence-corrected chi connectivity index (χ1v) is 7.39. The minimum Gasteiger partial charge on any atom is -0.481 e. The van der Waals surface area contributed by atoms with Crippen LogP contribution in [0.1, 0.15) is 30.0 Å². The zero-order chi connectivity index (χ0) is 16.5. The van der Waals surface area contributed by atoms with Gasteiger partial charge in [-0.2, -0.15) is 0 Å². The zero-order valence-electron chi connectivity index (χ0n) is 12.6. The molecule has 0 bridgehead atoms. The predicted octanol–water partition coefficient (Wildman–Crippen LogP) is 3.52. The Hall–Kier alpha value is -2.82. The van der Waals surface area contributed by atoms with E-state index in [2.05, 4.69) is 5.32 Å². The van der Waals surface area contributed by atoms with Crippen molar-refractivity contribution in [2.24, 2.45) is 0 Å². The molecule has 0 radical (unpaired) electrons. The molecule has 23 heavy (non-hydrogen) atoms.